The molecule has 2 rings (SSSR count). The minimum Gasteiger partial charge on any atom is -0.334 e. The molecule has 0 aromatic heterocycles. The van der Waals surface area contributed by atoms with Gasteiger partial charge in [0.15, 0.2) is 9.84 Å². The summed E-state index contributed by atoms with van der Waals surface area (Å²) in [4.78, 5) is 13.7. The smallest absolute Gasteiger partial charge is 0.317 e. The summed E-state index contributed by atoms with van der Waals surface area (Å²) in [5.74, 6) is 0.958. The lowest BCUT2D eigenvalue weighted by molar-refractivity contribution is 0.195. The van der Waals surface area contributed by atoms with Crippen molar-refractivity contribution in [3.05, 3.63) is 0 Å². The van der Waals surface area contributed by atoms with E-state index in [4.69, 9.17) is 0 Å². The molecule has 1 heterocycles. The molecule has 1 atom stereocenters. The van der Waals surface area contributed by atoms with Crippen LogP contribution in [0.5, 0.6) is 0 Å². The molecule has 2 aliphatic rings. The molecule has 1 aliphatic carbocycles. The molecule has 2 fully saturated rings. The Morgan fingerprint density at radius 3 is 2.53 bits per heavy atom. The number of nitrogens with zero attached hydrogens (tertiary/aromatic N) is 1. The number of hydrogen-bond acceptors (Lipinski definition) is 3. The van der Waals surface area contributed by atoms with Gasteiger partial charge in [-0.2, -0.15) is 0 Å². The molecule has 98 valence electrons. The van der Waals surface area contributed by atoms with Gasteiger partial charge in [-0.3, -0.25) is 0 Å². The van der Waals surface area contributed by atoms with Crippen LogP contribution in [0.1, 0.15) is 26.2 Å². The maximum absolute atomic E-state index is 11.9. The fraction of sp³-hybridized carbons (Fsp3) is 0.909. The lowest BCUT2D eigenvalue weighted by atomic mass is 10.3. The van der Waals surface area contributed by atoms with Crippen molar-refractivity contribution in [1.29, 1.82) is 0 Å². The third-order valence-corrected chi connectivity index (χ3v) is 5.17. The molecule has 0 aromatic rings. The molecule has 6 heteroatoms. The van der Waals surface area contributed by atoms with Crippen LogP contribution in [-0.4, -0.2) is 50.0 Å². The van der Waals surface area contributed by atoms with Gasteiger partial charge in [-0.25, -0.2) is 13.2 Å². The van der Waals surface area contributed by atoms with Crippen LogP contribution >= 0.6 is 0 Å². The zero-order valence-corrected chi connectivity index (χ0v) is 11.0. The molecule has 1 N–H and O–H groups in total. The molecule has 1 saturated carbocycles. The summed E-state index contributed by atoms with van der Waals surface area (Å²) >= 11 is 0. The van der Waals surface area contributed by atoms with Crippen molar-refractivity contribution >= 4 is 15.9 Å². The highest BCUT2D eigenvalue weighted by molar-refractivity contribution is 7.91. The minimum atomic E-state index is -2.92. The zero-order chi connectivity index (χ0) is 12.5. The van der Waals surface area contributed by atoms with Gasteiger partial charge in [-0.05, 0) is 32.1 Å². The van der Waals surface area contributed by atoms with Crippen LogP contribution in [0.4, 0.5) is 4.79 Å². The lowest BCUT2D eigenvalue weighted by Crippen LogP contribution is -2.46. The Hall–Kier alpha value is -0.780. The topological polar surface area (TPSA) is 66.5 Å². The second kappa shape index (κ2) is 4.84. The summed E-state index contributed by atoms with van der Waals surface area (Å²) in [6, 6.07) is -0.303. The number of carbonyl (C=O) groups excluding carboxylic acids is 1. The first kappa shape index (κ1) is 12.7. The lowest BCUT2D eigenvalue weighted by Gasteiger charge is -2.23. The Labute approximate surface area is 102 Å². The fourth-order valence-electron chi connectivity index (χ4n) is 2.14. The zero-order valence-electron chi connectivity index (χ0n) is 10.2. The highest BCUT2D eigenvalue weighted by Gasteiger charge is 2.31. The van der Waals surface area contributed by atoms with Crippen molar-refractivity contribution in [3.8, 4) is 0 Å². The summed E-state index contributed by atoms with van der Waals surface area (Å²) in [6.45, 7) is 3.44. The number of sulfone groups is 1. The third kappa shape index (κ3) is 3.59. The maximum atomic E-state index is 11.9. The van der Waals surface area contributed by atoms with Gasteiger partial charge in [0, 0.05) is 19.1 Å². The van der Waals surface area contributed by atoms with Crippen molar-refractivity contribution in [3.63, 3.8) is 0 Å². The quantitative estimate of drug-likeness (QED) is 0.805. The second-order valence-electron chi connectivity index (χ2n) is 5.03. The number of rotatable bonds is 4. The molecule has 0 bridgehead atoms. The maximum Gasteiger partial charge on any atom is 0.317 e. The van der Waals surface area contributed by atoms with Gasteiger partial charge in [0.05, 0.1) is 11.5 Å². The molecule has 1 unspecified atom stereocenters. The van der Waals surface area contributed by atoms with Crippen LogP contribution in [0.15, 0.2) is 0 Å². The molecule has 0 aromatic carbocycles. The molecule has 5 nitrogen and oxygen atoms in total. The van der Waals surface area contributed by atoms with Crippen LogP contribution in [0.25, 0.3) is 0 Å². The predicted octanol–water partition coefficient (Wildman–Crippen LogP) is 0.615. The molecule has 0 radical (unpaired) electrons. The van der Waals surface area contributed by atoms with Crippen molar-refractivity contribution in [1.82, 2.24) is 10.2 Å². The Bertz CT molecular complexity index is 390. The normalized spacial score (nSPS) is 26.8. The first-order valence-electron chi connectivity index (χ1n) is 6.26. The molecule has 17 heavy (non-hydrogen) atoms. The van der Waals surface area contributed by atoms with E-state index in [-0.39, 0.29) is 23.6 Å². The van der Waals surface area contributed by atoms with Crippen LogP contribution in [-0.2, 0) is 9.84 Å². The van der Waals surface area contributed by atoms with Gasteiger partial charge in [0.2, 0.25) is 0 Å². The third-order valence-electron chi connectivity index (χ3n) is 3.40. The van der Waals surface area contributed by atoms with E-state index in [9.17, 15) is 13.2 Å². The first-order chi connectivity index (χ1) is 8.00. The number of carbonyl (C=O) groups is 1. The summed E-state index contributed by atoms with van der Waals surface area (Å²) in [7, 11) is -2.92. The highest BCUT2D eigenvalue weighted by atomic mass is 32.2. The van der Waals surface area contributed by atoms with Crippen molar-refractivity contribution in [2.24, 2.45) is 5.92 Å². The van der Waals surface area contributed by atoms with E-state index >= 15 is 0 Å². The number of amides is 2. The number of nitrogens with one attached hydrogen (secondary N) is 1. The molecular weight excluding hydrogens is 240 g/mol. The number of hydrogen-bond donors (Lipinski definition) is 1. The average molecular weight is 260 g/mol. The summed E-state index contributed by atoms with van der Waals surface area (Å²) in [5, 5.41) is 2.83. The van der Waals surface area contributed by atoms with E-state index in [1.54, 1.807) is 4.90 Å². The molecule has 2 amide bonds. The van der Waals surface area contributed by atoms with Crippen LogP contribution in [0.2, 0.25) is 0 Å². The van der Waals surface area contributed by atoms with E-state index in [1.165, 1.54) is 12.8 Å². The van der Waals surface area contributed by atoms with Crippen LogP contribution in [0, 0.1) is 5.92 Å². The summed E-state index contributed by atoms with van der Waals surface area (Å²) in [6.07, 6.45) is 2.97. The fourth-order valence-corrected chi connectivity index (χ4v) is 3.82. The Kier molecular flexibility index (Phi) is 3.61. The Morgan fingerprint density at radius 2 is 2.06 bits per heavy atom. The van der Waals surface area contributed by atoms with Gasteiger partial charge in [-0.15, -0.1) is 0 Å². The average Bonchev–Trinajstić information content (AvgIpc) is 3.00. The van der Waals surface area contributed by atoms with Crippen LogP contribution < -0.4 is 5.32 Å². The van der Waals surface area contributed by atoms with E-state index < -0.39 is 9.84 Å². The van der Waals surface area contributed by atoms with Crippen molar-refractivity contribution < 1.29 is 13.2 Å². The van der Waals surface area contributed by atoms with E-state index in [1.807, 2.05) is 6.92 Å². The molecule has 0 spiro atoms. The summed E-state index contributed by atoms with van der Waals surface area (Å²) < 4.78 is 22.6. The van der Waals surface area contributed by atoms with Crippen molar-refractivity contribution in [2.45, 2.75) is 32.2 Å². The van der Waals surface area contributed by atoms with E-state index in [0.717, 1.165) is 6.54 Å². The van der Waals surface area contributed by atoms with Crippen molar-refractivity contribution in [2.75, 3.05) is 24.6 Å². The van der Waals surface area contributed by atoms with Gasteiger partial charge in [-0.1, -0.05) is 0 Å². The Balaban J connectivity index is 1.82. The van der Waals surface area contributed by atoms with Crippen LogP contribution in [0.3, 0.4) is 0 Å². The standard InChI is InChI=1S/C11H20N2O3S/c1-2-13(7-9-3-4-9)11(14)12-10-5-6-17(15,16)8-10/h9-10H,2-8H2,1H3,(H,12,14). The largest absolute Gasteiger partial charge is 0.334 e. The van der Waals surface area contributed by atoms with Gasteiger partial charge in [0.25, 0.3) is 0 Å². The minimum absolute atomic E-state index is 0.0969. The van der Waals surface area contributed by atoms with Gasteiger partial charge < -0.3 is 10.2 Å². The molecule has 1 aliphatic heterocycles. The SMILES string of the molecule is CCN(CC1CC1)C(=O)NC1CCS(=O)(=O)C1. The Morgan fingerprint density at radius 1 is 1.35 bits per heavy atom. The second-order valence-corrected chi connectivity index (χ2v) is 7.26. The predicted molar refractivity (Wildman–Crippen MR) is 65.6 cm³/mol. The van der Waals surface area contributed by atoms with E-state index in [0.29, 0.717) is 18.9 Å². The number of urea groups is 1. The first-order valence-corrected chi connectivity index (χ1v) is 8.08. The van der Waals surface area contributed by atoms with Gasteiger partial charge >= 0.3 is 6.03 Å². The van der Waals surface area contributed by atoms with E-state index in [2.05, 4.69) is 5.32 Å². The van der Waals surface area contributed by atoms with Gasteiger partial charge in [0.1, 0.15) is 0 Å². The molecular formula is C11H20N2O3S. The summed E-state index contributed by atoms with van der Waals surface area (Å²) in [5.41, 5.74) is 0. The molecule has 1 saturated heterocycles. The monoisotopic (exact) mass is 260 g/mol. The highest BCUT2D eigenvalue weighted by Crippen LogP contribution is 2.29.